The lowest BCUT2D eigenvalue weighted by atomic mass is 10.3. The molecule has 0 aliphatic heterocycles. The number of nitrogens with zero attached hydrogens (tertiary/aromatic N) is 4. The lowest BCUT2D eigenvalue weighted by molar-refractivity contribution is 0.544. The second-order valence-electron chi connectivity index (χ2n) is 4.38. The summed E-state index contributed by atoms with van der Waals surface area (Å²) >= 11 is 5.79. The van der Waals surface area contributed by atoms with E-state index in [0.717, 1.165) is 17.9 Å². The van der Waals surface area contributed by atoms with Crippen molar-refractivity contribution in [1.82, 2.24) is 19.7 Å². The minimum absolute atomic E-state index is 0.191. The third-order valence-corrected chi connectivity index (χ3v) is 2.73. The monoisotopic (exact) mass is 265 g/mol. The molecule has 0 aliphatic carbocycles. The Labute approximate surface area is 111 Å². The number of nitrogens with one attached hydrogen (secondary N) is 1. The van der Waals surface area contributed by atoms with E-state index in [2.05, 4.69) is 33.4 Å². The van der Waals surface area contributed by atoms with Crippen molar-refractivity contribution >= 4 is 17.4 Å². The molecule has 2 rings (SSSR count). The second kappa shape index (κ2) is 5.35. The van der Waals surface area contributed by atoms with E-state index < -0.39 is 0 Å². The Morgan fingerprint density at radius 2 is 2.17 bits per heavy atom. The fraction of sp³-hybridized carbons (Fsp3) is 0.417. The molecule has 18 heavy (non-hydrogen) atoms. The predicted molar refractivity (Wildman–Crippen MR) is 71.8 cm³/mol. The number of halogens is 1. The maximum atomic E-state index is 5.79. The highest BCUT2D eigenvalue weighted by atomic mass is 35.5. The summed E-state index contributed by atoms with van der Waals surface area (Å²) in [5.74, 6) is 0.677. The Bertz CT molecular complexity index is 537. The molecule has 0 amide bonds. The molecular weight excluding hydrogens is 250 g/mol. The van der Waals surface area contributed by atoms with Crippen LogP contribution >= 0.6 is 11.6 Å². The fourth-order valence-electron chi connectivity index (χ4n) is 1.83. The highest BCUT2D eigenvalue weighted by molar-refractivity contribution is 6.29. The van der Waals surface area contributed by atoms with Crippen LogP contribution in [-0.4, -0.2) is 25.8 Å². The van der Waals surface area contributed by atoms with Crippen molar-refractivity contribution in [3.8, 4) is 0 Å². The summed E-state index contributed by atoms with van der Waals surface area (Å²) in [5, 5.41) is 8.06. The minimum atomic E-state index is 0.191. The smallest absolute Gasteiger partial charge is 0.149 e. The molecule has 0 saturated heterocycles. The third kappa shape index (κ3) is 3.20. The fourth-order valence-corrected chi connectivity index (χ4v) is 1.98. The van der Waals surface area contributed by atoms with Gasteiger partial charge in [-0.25, -0.2) is 4.98 Å². The lowest BCUT2D eigenvalue weighted by Crippen LogP contribution is -2.23. The van der Waals surface area contributed by atoms with Crippen LogP contribution in [0.15, 0.2) is 18.5 Å². The van der Waals surface area contributed by atoms with Crippen molar-refractivity contribution < 1.29 is 0 Å². The number of aryl methyl sites for hydroxylation is 2. The number of rotatable bonds is 4. The van der Waals surface area contributed by atoms with E-state index in [1.807, 2.05) is 18.5 Å². The molecule has 0 saturated carbocycles. The first kappa shape index (κ1) is 12.8. The van der Waals surface area contributed by atoms with E-state index in [0.29, 0.717) is 11.0 Å². The van der Waals surface area contributed by atoms with Gasteiger partial charge < -0.3 is 5.32 Å². The third-order valence-electron chi connectivity index (χ3n) is 2.55. The summed E-state index contributed by atoms with van der Waals surface area (Å²) in [4.78, 5) is 8.13. The van der Waals surface area contributed by atoms with Crippen molar-refractivity contribution in [1.29, 1.82) is 0 Å². The minimum Gasteiger partial charge on any atom is -0.364 e. The molecule has 0 bridgehead atoms. The molecule has 2 aromatic rings. The van der Waals surface area contributed by atoms with Crippen LogP contribution in [0.5, 0.6) is 0 Å². The zero-order valence-corrected chi connectivity index (χ0v) is 11.4. The van der Waals surface area contributed by atoms with Gasteiger partial charge in [-0.05, 0) is 26.8 Å². The zero-order valence-electron chi connectivity index (χ0n) is 10.7. The van der Waals surface area contributed by atoms with E-state index in [-0.39, 0.29) is 6.04 Å². The first-order valence-electron chi connectivity index (χ1n) is 5.80. The summed E-state index contributed by atoms with van der Waals surface area (Å²) in [6.45, 7) is 6.88. The maximum Gasteiger partial charge on any atom is 0.149 e. The predicted octanol–water partition coefficient (Wildman–Crippen LogP) is 2.44. The molecular formula is C12H16ClN5. The Morgan fingerprint density at radius 3 is 2.78 bits per heavy atom. The van der Waals surface area contributed by atoms with E-state index in [4.69, 9.17) is 11.6 Å². The van der Waals surface area contributed by atoms with Gasteiger partial charge in [-0.3, -0.25) is 9.67 Å². The van der Waals surface area contributed by atoms with Gasteiger partial charge in [-0.1, -0.05) is 11.6 Å². The molecule has 0 spiro atoms. The molecule has 0 radical (unpaired) electrons. The Morgan fingerprint density at radius 1 is 1.39 bits per heavy atom. The van der Waals surface area contributed by atoms with E-state index in [1.54, 1.807) is 6.20 Å². The largest absolute Gasteiger partial charge is 0.364 e. The van der Waals surface area contributed by atoms with E-state index in [1.165, 1.54) is 6.20 Å². The summed E-state index contributed by atoms with van der Waals surface area (Å²) in [6.07, 6.45) is 3.17. The Kier molecular flexibility index (Phi) is 3.81. The van der Waals surface area contributed by atoms with Gasteiger partial charge >= 0.3 is 0 Å². The lowest BCUT2D eigenvalue weighted by Gasteiger charge is -2.15. The van der Waals surface area contributed by atoms with Gasteiger partial charge in [0, 0.05) is 11.7 Å². The van der Waals surface area contributed by atoms with Crippen LogP contribution in [0.3, 0.4) is 0 Å². The Hall–Kier alpha value is -1.62. The van der Waals surface area contributed by atoms with Gasteiger partial charge in [0.2, 0.25) is 0 Å². The van der Waals surface area contributed by atoms with Crippen molar-refractivity contribution in [2.45, 2.75) is 33.4 Å². The average Bonchev–Trinajstić information content (AvgIpc) is 2.57. The quantitative estimate of drug-likeness (QED) is 0.923. The number of anilines is 1. The number of aromatic nitrogens is 4. The molecule has 2 heterocycles. The molecule has 6 heteroatoms. The van der Waals surface area contributed by atoms with Gasteiger partial charge in [0.15, 0.2) is 0 Å². The van der Waals surface area contributed by atoms with Crippen molar-refractivity contribution in [2.24, 2.45) is 0 Å². The Balaban J connectivity index is 2.00. The molecule has 2 aromatic heterocycles. The van der Waals surface area contributed by atoms with Crippen molar-refractivity contribution in [3.05, 3.63) is 35.0 Å². The van der Waals surface area contributed by atoms with Crippen LogP contribution in [-0.2, 0) is 6.54 Å². The van der Waals surface area contributed by atoms with Gasteiger partial charge in [0.25, 0.3) is 0 Å². The summed E-state index contributed by atoms with van der Waals surface area (Å²) in [5.41, 5.74) is 2.18. The second-order valence-corrected chi connectivity index (χ2v) is 4.77. The van der Waals surface area contributed by atoms with Crippen molar-refractivity contribution in [3.63, 3.8) is 0 Å². The summed E-state index contributed by atoms with van der Waals surface area (Å²) in [6, 6.07) is 2.25. The van der Waals surface area contributed by atoms with Crippen LogP contribution in [0.25, 0.3) is 0 Å². The molecule has 1 atom stereocenters. The first-order chi connectivity index (χ1) is 8.54. The van der Waals surface area contributed by atoms with Gasteiger partial charge in [-0.15, -0.1) is 0 Å². The topological polar surface area (TPSA) is 55.6 Å². The standard InChI is InChI=1S/C12H16ClN5/c1-8-4-10(3)18(17-8)7-9(2)15-12-6-14-5-11(13)16-12/h4-6,9H,7H2,1-3H3,(H,15,16). The van der Waals surface area contributed by atoms with Crippen LogP contribution in [0.2, 0.25) is 5.15 Å². The number of hydrogen-bond donors (Lipinski definition) is 1. The van der Waals surface area contributed by atoms with Gasteiger partial charge in [0.1, 0.15) is 11.0 Å². The van der Waals surface area contributed by atoms with Crippen LogP contribution in [0, 0.1) is 13.8 Å². The highest BCUT2D eigenvalue weighted by Crippen LogP contribution is 2.09. The van der Waals surface area contributed by atoms with Crippen LogP contribution < -0.4 is 5.32 Å². The van der Waals surface area contributed by atoms with Gasteiger partial charge in [0.05, 0.1) is 24.6 Å². The van der Waals surface area contributed by atoms with Crippen molar-refractivity contribution in [2.75, 3.05) is 5.32 Å². The summed E-state index contributed by atoms with van der Waals surface area (Å²) < 4.78 is 1.98. The van der Waals surface area contributed by atoms with Crippen LogP contribution in [0.1, 0.15) is 18.3 Å². The average molecular weight is 266 g/mol. The molecule has 0 fully saturated rings. The zero-order chi connectivity index (χ0) is 13.1. The highest BCUT2D eigenvalue weighted by Gasteiger charge is 2.08. The molecule has 1 unspecified atom stereocenters. The van der Waals surface area contributed by atoms with E-state index in [9.17, 15) is 0 Å². The van der Waals surface area contributed by atoms with Gasteiger partial charge in [-0.2, -0.15) is 5.10 Å². The normalized spacial score (nSPS) is 12.4. The summed E-state index contributed by atoms with van der Waals surface area (Å²) in [7, 11) is 0. The number of hydrogen-bond acceptors (Lipinski definition) is 4. The molecule has 1 N–H and O–H groups in total. The molecule has 0 aromatic carbocycles. The molecule has 5 nitrogen and oxygen atoms in total. The molecule has 0 aliphatic rings. The first-order valence-corrected chi connectivity index (χ1v) is 6.17. The SMILES string of the molecule is Cc1cc(C)n(CC(C)Nc2cncc(Cl)n2)n1. The van der Waals surface area contributed by atoms with Crippen LogP contribution in [0.4, 0.5) is 5.82 Å². The molecule has 96 valence electrons. The maximum absolute atomic E-state index is 5.79. The van der Waals surface area contributed by atoms with E-state index >= 15 is 0 Å².